The van der Waals surface area contributed by atoms with Crippen molar-refractivity contribution in [2.75, 3.05) is 6.79 Å². The number of fused-ring (bicyclic) bond motifs is 1. The smallest absolute Gasteiger partial charge is 0.278 e. The molecule has 0 bridgehead atoms. The second-order valence-corrected chi connectivity index (χ2v) is 4.38. The molecule has 0 aromatic heterocycles. The number of hydrogen-bond acceptors (Lipinski definition) is 5. The van der Waals surface area contributed by atoms with Crippen molar-refractivity contribution in [1.82, 2.24) is 0 Å². The maximum Gasteiger partial charge on any atom is 0.278 e. The van der Waals surface area contributed by atoms with Gasteiger partial charge in [-0.1, -0.05) is 0 Å². The normalized spacial score (nSPS) is 19.1. The van der Waals surface area contributed by atoms with Gasteiger partial charge in [0.25, 0.3) is 5.69 Å². The van der Waals surface area contributed by atoms with Gasteiger partial charge < -0.3 is 15.2 Å². The van der Waals surface area contributed by atoms with Crippen LogP contribution >= 0.6 is 0 Å². The quantitative estimate of drug-likeness (QED) is 0.637. The van der Waals surface area contributed by atoms with E-state index < -0.39 is 4.92 Å². The van der Waals surface area contributed by atoms with Crippen molar-refractivity contribution in [3.63, 3.8) is 0 Å². The highest BCUT2D eigenvalue weighted by atomic mass is 16.7. The summed E-state index contributed by atoms with van der Waals surface area (Å²) in [6.45, 7) is 0.106. The van der Waals surface area contributed by atoms with Crippen molar-refractivity contribution < 1.29 is 14.4 Å². The molecule has 0 spiro atoms. The zero-order valence-corrected chi connectivity index (χ0v) is 9.09. The number of ether oxygens (including phenoxy) is 2. The fourth-order valence-electron chi connectivity index (χ4n) is 2.08. The van der Waals surface area contributed by atoms with Crippen LogP contribution < -0.4 is 15.2 Å². The van der Waals surface area contributed by atoms with Crippen LogP contribution in [-0.2, 0) is 0 Å². The molecule has 6 nitrogen and oxygen atoms in total. The first kappa shape index (κ1) is 10.3. The Hall–Kier alpha value is -1.82. The van der Waals surface area contributed by atoms with E-state index in [-0.39, 0.29) is 18.5 Å². The molecule has 90 valence electrons. The first-order valence-electron chi connectivity index (χ1n) is 5.50. The summed E-state index contributed by atoms with van der Waals surface area (Å²) in [7, 11) is 0. The average molecular weight is 236 g/mol. The van der Waals surface area contributed by atoms with Gasteiger partial charge in [-0.05, 0) is 24.8 Å². The number of benzene rings is 1. The second kappa shape index (κ2) is 3.59. The molecule has 0 amide bonds. The molecular formula is C11H12N2O4. The van der Waals surface area contributed by atoms with Gasteiger partial charge in [0.1, 0.15) is 0 Å². The van der Waals surface area contributed by atoms with Crippen molar-refractivity contribution >= 4 is 5.69 Å². The summed E-state index contributed by atoms with van der Waals surface area (Å²) in [4.78, 5) is 10.6. The molecule has 3 rings (SSSR count). The minimum atomic E-state index is -0.417. The van der Waals surface area contributed by atoms with Crippen molar-refractivity contribution in [2.24, 2.45) is 11.7 Å². The van der Waals surface area contributed by atoms with Crippen LogP contribution in [0, 0.1) is 16.0 Å². The number of hydrogen-bond donors (Lipinski definition) is 1. The van der Waals surface area contributed by atoms with E-state index in [4.69, 9.17) is 15.2 Å². The highest BCUT2D eigenvalue weighted by Crippen LogP contribution is 2.46. The lowest BCUT2D eigenvalue weighted by Crippen LogP contribution is -2.14. The number of nitro benzene ring substituents is 1. The Morgan fingerprint density at radius 2 is 2.00 bits per heavy atom. The lowest BCUT2D eigenvalue weighted by atomic mass is 10.0. The van der Waals surface area contributed by atoms with E-state index in [0.717, 1.165) is 12.8 Å². The molecule has 2 aliphatic rings. The van der Waals surface area contributed by atoms with E-state index in [0.29, 0.717) is 23.0 Å². The highest BCUT2D eigenvalue weighted by Gasteiger charge is 2.35. The van der Waals surface area contributed by atoms with Crippen molar-refractivity contribution in [3.8, 4) is 11.5 Å². The monoisotopic (exact) mass is 236 g/mol. The maximum atomic E-state index is 11.0. The Morgan fingerprint density at radius 3 is 2.59 bits per heavy atom. The van der Waals surface area contributed by atoms with Crippen LogP contribution in [0.3, 0.4) is 0 Å². The summed E-state index contributed by atoms with van der Waals surface area (Å²) in [5.74, 6) is 1.32. The van der Waals surface area contributed by atoms with E-state index >= 15 is 0 Å². The van der Waals surface area contributed by atoms with E-state index in [1.165, 1.54) is 6.07 Å². The summed E-state index contributed by atoms with van der Waals surface area (Å²) < 4.78 is 10.4. The van der Waals surface area contributed by atoms with Crippen LogP contribution in [0.4, 0.5) is 5.69 Å². The zero-order chi connectivity index (χ0) is 12.0. The molecule has 17 heavy (non-hydrogen) atoms. The molecule has 6 heteroatoms. The van der Waals surface area contributed by atoms with E-state index in [1.54, 1.807) is 6.07 Å². The summed E-state index contributed by atoms with van der Waals surface area (Å²) >= 11 is 0. The molecule has 1 aliphatic carbocycles. The van der Waals surface area contributed by atoms with Crippen LogP contribution in [0.1, 0.15) is 24.4 Å². The first-order chi connectivity index (χ1) is 8.16. The fraction of sp³-hybridized carbons (Fsp3) is 0.455. The van der Waals surface area contributed by atoms with Crippen LogP contribution in [-0.4, -0.2) is 11.7 Å². The molecule has 1 aliphatic heterocycles. The van der Waals surface area contributed by atoms with Crippen LogP contribution in [0.15, 0.2) is 12.1 Å². The van der Waals surface area contributed by atoms with Crippen LogP contribution in [0.25, 0.3) is 0 Å². The Morgan fingerprint density at radius 1 is 1.35 bits per heavy atom. The van der Waals surface area contributed by atoms with Gasteiger partial charge in [0, 0.05) is 6.04 Å². The molecular weight excluding hydrogens is 224 g/mol. The van der Waals surface area contributed by atoms with Crippen molar-refractivity contribution in [3.05, 3.63) is 27.8 Å². The third-order valence-corrected chi connectivity index (χ3v) is 3.21. The third kappa shape index (κ3) is 1.70. The first-order valence-corrected chi connectivity index (χ1v) is 5.50. The topological polar surface area (TPSA) is 87.6 Å². The van der Waals surface area contributed by atoms with Crippen LogP contribution in [0.5, 0.6) is 11.5 Å². The minimum absolute atomic E-state index is 0.0219. The van der Waals surface area contributed by atoms with E-state index in [2.05, 4.69) is 0 Å². The molecule has 1 saturated carbocycles. The van der Waals surface area contributed by atoms with Gasteiger partial charge in [0.15, 0.2) is 11.5 Å². The predicted octanol–water partition coefficient (Wildman–Crippen LogP) is 1.73. The maximum absolute atomic E-state index is 11.0. The van der Waals surface area contributed by atoms with Gasteiger partial charge >= 0.3 is 0 Å². The molecule has 1 fully saturated rings. The Labute approximate surface area is 97.5 Å². The minimum Gasteiger partial charge on any atom is -0.454 e. The molecule has 0 radical (unpaired) electrons. The fourth-order valence-corrected chi connectivity index (χ4v) is 2.08. The van der Waals surface area contributed by atoms with Crippen molar-refractivity contribution in [2.45, 2.75) is 18.9 Å². The third-order valence-electron chi connectivity index (χ3n) is 3.21. The Balaban J connectivity index is 2.07. The summed E-state index contributed by atoms with van der Waals surface area (Å²) in [5, 5.41) is 11.0. The molecule has 1 aromatic rings. The van der Waals surface area contributed by atoms with Gasteiger partial charge in [-0.2, -0.15) is 0 Å². The molecule has 0 saturated heterocycles. The largest absolute Gasteiger partial charge is 0.454 e. The van der Waals surface area contributed by atoms with Crippen LogP contribution in [0.2, 0.25) is 0 Å². The summed E-state index contributed by atoms with van der Waals surface area (Å²) in [6, 6.07) is 2.76. The molecule has 0 unspecified atom stereocenters. The van der Waals surface area contributed by atoms with Gasteiger partial charge in [0.2, 0.25) is 6.79 Å². The highest BCUT2D eigenvalue weighted by molar-refractivity contribution is 5.56. The van der Waals surface area contributed by atoms with E-state index in [1.807, 2.05) is 0 Å². The van der Waals surface area contributed by atoms with Crippen molar-refractivity contribution in [1.29, 1.82) is 0 Å². The van der Waals surface area contributed by atoms with Gasteiger partial charge in [-0.15, -0.1) is 0 Å². The standard InChI is InChI=1S/C11H12N2O4/c12-11(6-1-2-6)7-3-9-10(17-5-16-9)4-8(7)13(14)15/h3-4,6,11H,1-2,5,12H2/t11-/m0/s1. The molecule has 1 atom stereocenters. The zero-order valence-electron chi connectivity index (χ0n) is 9.09. The lowest BCUT2D eigenvalue weighted by molar-refractivity contribution is -0.385. The number of nitrogens with two attached hydrogens (primary N) is 1. The Bertz CT molecular complexity index is 485. The van der Waals surface area contributed by atoms with Gasteiger partial charge in [0.05, 0.1) is 16.6 Å². The van der Waals surface area contributed by atoms with Gasteiger partial charge in [-0.25, -0.2) is 0 Å². The molecule has 2 N–H and O–H groups in total. The number of rotatable bonds is 3. The SMILES string of the molecule is N[C@H](c1cc2c(cc1[N+](=O)[O-])OCO2)C1CC1. The van der Waals surface area contributed by atoms with E-state index in [9.17, 15) is 10.1 Å². The number of nitro groups is 1. The Kier molecular flexibility index (Phi) is 2.19. The summed E-state index contributed by atoms with van der Waals surface area (Å²) in [5.41, 5.74) is 6.60. The second-order valence-electron chi connectivity index (χ2n) is 4.38. The predicted molar refractivity (Wildman–Crippen MR) is 58.9 cm³/mol. The van der Waals surface area contributed by atoms with Gasteiger partial charge in [-0.3, -0.25) is 10.1 Å². The number of nitrogens with zero attached hydrogens (tertiary/aromatic N) is 1. The molecule has 1 aromatic carbocycles. The summed E-state index contributed by atoms with van der Waals surface area (Å²) in [6.07, 6.45) is 2.07. The molecule has 1 heterocycles. The average Bonchev–Trinajstić information content (AvgIpc) is 3.05. The lowest BCUT2D eigenvalue weighted by Gasteiger charge is -2.11.